The van der Waals surface area contributed by atoms with E-state index in [4.69, 9.17) is 4.52 Å². The lowest BCUT2D eigenvalue weighted by Crippen LogP contribution is -2.17. The van der Waals surface area contributed by atoms with E-state index in [0.717, 1.165) is 49.2 Å². The molecule has 7 nitrogen and oxygen atoms in total. The van der Waals surface area contributed by atoms with Crippen LogP contribution in [0.2, 0.25) is 0 Å². The number of nitrogens with zero attached hydrogens (tertiary/aromatic N) is 6. The van der Waals surface area contributed by atoms with Crippen LogP contribution in [0.15, 0.2) is 59.3 Å². The Kier molecular flexibility index (Phi) is 5.12. The zero-order valence-corrected chi connectivity index (χ0v) is 17.0. The summed E-state index contributed by atoms with van der Waals surface area (Å²) in [6, 6.07) is 13.2. The molecule has 0 spiro atoms. The van der Waals surface area contributed by atoms with Crippen LogP contribution >= 0.6 is 0 Å². The molecule has 1 aliphatic rings. The Labute approximate surface area is 181 Å². The maximum atomic E-state index is 12.7. The first-order valence-electron chi connectivity index (χ1n) is 10.2. The fourth-order valence-electron chi connectivity index (χ4n) is 3.65. The van der Waals surface area contributed by atoms with Crippen LogP contribution in [-0.4, -0.2) is 38.2 Å². The van der Waals surface area contributed by atoms with Gasteiger partial charge in [0.15, 0.2) is 0 Å². The minimum atomic E-state index is -4.36. The number of halogens is 3. The van der Waals surface area contributed by atoms with Gasteiger partial charge < -0.3 is 9.42 Å². The summed E-state index contributed by atoms with van der Waals surface area (Å²) in [5, 5.41) is 12.2. The fraction of sp³-hybridized carbons (Fsp3) is 0.273. The summed E-state index contributed by atoms with van der Waals surface area (Å²) in [6.07, 6.45) is -0.387. The van der Waals surface area contributed by atoms with Crippen molar-refractivity contribution in [2.45, 2.75) is 25.6 Å². The highest BCUT2D eigenvalue weighted by molar-refractivity contribution is 5.58. The summed E-state index contributed by atoms with van der Waals surface area (Å²) in [7, 11) is 0. The summed E-state index contributed by atoms with van der Waals surface area (Å²) in [4.78, 5) is 6.57. The number of rotatable bonds is 5. The SMILES string of the molecule is FC(F)(F)c1ccc(-c2cn(Cc3ccc(-c4noc(N5CCCC5)n4)cc3)nn2)cc1. The first-order chi connectivity index (χ1) is 15.5. The van der Waals surface area contributed by atoms with Crippen molar-refractivity contribution in [3.8, 4) is 22.6 Å². The molecule has 0 atom stereocenters. The van der Waals surface area contributed by atoms with Crippen molar-refractivity contribution < 1.29 is 17.7 Å². The number of hydrogen-bond donors (Lipinski definition) is 0. The first kappa shape index (κ1) is 20.2. The summed E-state index contributed by atoms with van der Waals surface area (Å²) >= 11 is 0. The predicted molar refractivity (Wildman–Crippen MR) is 111 cm³/mol. The van der Waals surface area contributed by atoms with E-state index in [1.807, 2.05) is 24.3 Å². The van der Waals surface area contributed by atoms with Crippen molar-refractivity contribution in [3.63, 3.8) is 0 Å². The molecule has 5 rings (SSSR count). The van der Waals surface area contributed by atoms with Crippen molar-refractivity contribution in [3.05, 3.63) is 65.9 Å². The van der Waals surface area contributed by atoms with Crippen LogP contribution in [0.1, 0.15) is 24.0 Å². The topological polar surface area (TPSA) is 72.9 Å². The van der Waals surface area contributed by atoms with E-state index in [2.05, 4.69) is 25.4 Å². The Balaban J connectivity index is 1.26. The van der Waals surface area contributed by atoms with Crippen molar-refractivity contribution in [2.24, 2.45) is 0 Å². The molecule has 0 aliphatic carbocycles. The van der Waals surface area contributed by atoms with Crippen molar-refractivity contribution in [1.29, 1.82) is 0 Å². The molecule has 0 saturated carbocycles. The quantitative estimate of drug-likeness (QED) is 0.449. The maximum Gasteiger partial charge on any atom is 0.416 e. The first-order valence-corrected chi connectivity index (χ1v) is 10.2. The van der Waals surface area contributed by atoms with Gasteiger partial charge in [0.1, 0.15) is 5.69 Å². The highest BCUT2D eigenvalue weighted by Crippen LogP contribution is 2.30. The molecule has 0 N–H and O–H groups in total. The highest BCUT2D eigenvalue weighted by Gasteiger charge is 2.30. The predicted octanol–water partition coefficient (Wildman–Crippen LogP) is 4.66. The van der Waals surface area contributed by atoms with Gasteiger partial charge in [-0.15, -0.1) is 5.10 Å². The normalized spacial score (nSPS) is 14.3. The van der Waals surface area contributed by atoms with E-state index >= 15 is 0 Å². The lowest BCUT2D eigenvalue weighted by molar-refractivity contribution is -0.137. The van der Waals surface area contributed by atoms with E-state index in [1.54, 1.807) is 10.9 Å². The minimum absolute atomic E-state index is 0.471. The summed E-state index contributed by atoms with van der Waals surface area (Å²) < 4.78 is 45.2. The number of anilines is 1. The largest absolute Gasteiger partial charge is 0.416 e. The minimum Gasteiger partial charge on any atom is -0.324 e. The third-order valence-corrected chi connectivity index (χ3v) is 5.40. The van der Waals surface area contributed by atoms with Gasteiger partial charge in [0.05, 0.1) is 18.3 Å². The van der Waals surface area contributed by atoms with Crippen LogP contribution in [0.5, 0.6) is 0 Å². The molecule has 3 heterocycles. The van der Waals surface area contributed by atoms with Gasteiger partial charge >= 0.3 is 12.2 Å². The molecule has 10 heteroatoms. The molecule has 164 valence electrons. The summed E-state index contributed by atoms with van der Waals surface area (Å²) in [5.41, 5.74) is 2.23. The number of benzene rings is 2. The lowest BCUT2D eigenvalue weighted by atomic mass is 10.1. The van der Waals surface area contributed by atoms with Gasteiger partial charge in [0.2, 0.25) is 5.82 Å². The molecular weight excluding hydrogens is 421 g/mol. The van der Waals surface area contributed by atoms with Crippen molar-refractivity contribution in [1.82, 2.24) is 25.1 Å². The maximum absolute atomic E-state index is 12.7. The Morgan fingerprint density at radius 1 is 0.906 bits per heavy atom. The average molecular weight is 440 g/mol. The van der Waals surface area contributed by atoms with Crippen molar-refractivity contribution in [2.75, 3.05) is 18.0 Å². The Morgan fingerprint density at radius 2 is 1.59 bits per heavy atom. The second-order valence-electron chi connectivity index (χ2n) is 7.67. The van der Waals surface area contributed by atoms with Crippen LogP contribution in [-0.2, 0) is 12.7 Å². The molecule has 1 fully saturated rings. The van der Waals surface area contributed by atoms with Crippen LogP contribution < -0.4 is 4.90 Å². The molecule has 32 heavy (non-hydrogen) atoms. The number of alkyl halides is 3. The summed E-state index contributed by atoms with van der Waals surface area (Å²) in [6.45, 7) is 2.35. The van der Waals surface area contributed by atoms with Gasteiger partial charge in [-0.3, -0.25) is 0 Å². The van der Waals surface area contributed by atoms with E-state index < -0.39 is 11.7 Å². The van der Waals surface area contributed by atoms with Crippen LogP contribution in [0.4, 0.5) is 19.2 Å². The molecule has 4 aromatic rings. The highest BCUT2D eigenvalue weighted by atomic mass is 19.4. The van der Waals surface area contributed by atoms with Crippen LogP contribution in [0.3, 0.4) is 0 Å². The van der Waals surface area contributed by atoms with Gasteiger partial charge in [-0.1, -0.05) is 46.8 Å². The second-order valence-corrected chi connectivity index (χ2v) is 7.67. The Bertz CT molecular complexity index is 1190. The molecule has 1 aliphatic heterocycles. The van der Waals surface area contributed by atoms with E-state index in [1.165, 1.54) is 12.1 Å². The number of aromatic nitrogens is 5. The smallest absolute Gasteiger partial charge is 0.324 e. The second kappa shape index (κ2) is 8.10. The van der Waals surface area contributed by atoms with Gasteiger partial charge in [0, 0.05) is 24.2 Å². The molecule has 1 saturated heterocycles. The molecule has 0 radical (unpaired) electrons. The van der Waals surface area contributed by atoms with Crippen LogP contribution in [0.25, 0.3) is 22.6 Å². The monoisotopic (exact) mass is 440 g/mol. The zero-order chi connectivity index (χ0) is 22.1. The van der Waals surface area contributed by atoms with Crippen LogP contribution in [0, 0.1) is 0 Å². The van der Waals surface area contributed by atoms with E-state index in [-0.39, 0.29) is 0 Å². The van der Waals surface area contributed by atoms with Crippen molar-refractivity contribution >= 4 is 6.01 Å². The third kappa shape index (κ3) is 4.20. The fourth-order valence-corrected chi connectivity index (χ4v) is 3.65. The Morgan fingerprint density at radius 3 is 2.28 bits per heavy atom. The molecule has 0 amide bonds. The average Bonchev–Trinajstić information content (AvgIpc) is 3.55. The summed E-state index contributed by atoms with van der Waals surface area (Å²) in [5.74, 6) is 0.545. The standard InChI is InChI=1S/C22H19F3N6O/c23-22(24,25)18-9-7-16(8-10-18)19-14-31(29-27-19)13-15-3-5-17(6-4-15)20-26-21(32-28-20)30-11-1-2-12-30/h3-10,14H,1-2,11-13H2. The molecule has 0 unspecified atom stereocenters. The van der Waals surface area contributed by atoms with Gasteiger partial charge in [-0.2, -0.15) is 18.2 Å². The molecule has 2 aromatic carbocycles. The third-order valence-electron chi connectivity index (χ3n) is 5.40. The zero-order valence-electron chi connectivity index (χ0n) is 17.0. The van der Waals surface area contributed by atoms with E-state index in [9.17, 15) is 13.2 Å². The lowest BCUT2D eigenvalue weighted by Gasteiger charge is -2.09. The van der Waals surface area contributed by atoms with Gasteiger partial charge in [-0.25, -0.2) is 4.68 Å². The molecule has 0 bridgehead atoms. The molecular formula is C22H19F3N6O. The van der Waals surface area contributed by atoms with Gasteiger partial charge in [-0.05, 0) is 30.5 Å². The van der Waals surface area contributed by atoms with Gasteiger partial charge in [0.25, 0.3) is 0 Å². The van der Waals surface area contributed by atoms with E-state index in [0.29, 0.717) is 29.6 Å². The molecule has 2 aromatic heterocycles. The number of hydrogen-bond acceptors (Lipinski definition) is 6. The Hall–Kier alpha value is -3.69.